The monoisotopic (exact) mass is 429 g/mol. The highest BCUT2D eigenvalue weighted by atomic mass is 16.2. The number of aromatic nitrogens is 2. The first-order valence-electron chi connectivity index (χ1n) is 10.6. The molecule has 0 saturated heterocycles. The summed E-state index contributed by atoms with van der Waals surface area (Å²) >= 11 is 0. The van der Waals surface area contributed by atoms with E-state index >= 15 is 0 Å². The summed E-state index contributed by atoms with van der Waals surface area (Å²) in [6, 6.07) is 15.5. The van der Waals surface area contributed by atoms with Crippen molar-refractivity contribution in [3.8, 4) is 0 Å². The molecule has 0 saturated carbocycles. The summed E-state index contributed by atoms with van der Waals surface area (Å²) in [5.41, 5.74) is 3.79. The van der Waals surface area contributed by atoms with Crippen LogP contribution in [0.4, 0.5) is 17.5 Å². The van der Waals surface area contributed by atoms with E-state index in [2.05, 4.69) is 32.7 Å². The van der Waals surface area contributed by atoms with Gasteiger partial charge in [-0.25, -0.2) is 0 Å². The second-order valence-corrected chi connectivity index (χ2v) is 8.20. The Morgan fingerprint density at radius 3 is 2.66 bits per heavy atom. The van der Waals surface area contributed by atoms with Crippen molar-refractivity contribution >= 4 is 29.3 Å². The molecule has 1 unspecified atom stereocenters. The van der Waals surface area contributed by atoms with Crippen molar-refractivity contribution in [2.45, 2.75) is 32.2 Å². The lowest BCUT2D eigenvalue weighted by Crippen LogP contribution is -2.39. The maximum atomic E-state index is 13.1. The molecule has 2 amide bonds. The van der Waals surface area contributed by atoms with E-state index in [-0.39, 0.29) is 23.7 Å². The molecule has 0 bridgehead atoms. The zero-order valence-electron chi connectivity index (χ0n) is 17.6. The number of amides is 2. The van der Waals surface area contributed by atoms with Gasteiger partial charge >= 0.3 is 0 Å². The number of para-hydroxylation sites is 1. The zero-order valence-corrected chi connectivity index (χ0v) is 17.6. The molecule has 8 nitrogen and oxygen atoms in total. The second kappa shape index (κ2) is 7.96. The summed E-state index contributed by atoms with van der Waals surface area (Å²) < 4.78 is 0. The van der Waals surface area contributed by atoms with E-state index in [1.54, 1.807) is 6.07 Å². The number of aromatic amines is 1. The number of nitrogens with one attached hydrogen (secondary N) is 3. The second-order valence-electron chi connectivity index (χ2n) is 8.20. The number of fused-ring (bicyclic) bond motifs is 2. The quantitative estimate of drug-likeness (QED) is 0.593. The molecule has 0 aliphatic carbocycles. The van der Waals surface area contributed by atoms with Gasteiger partial charge in [0.1, 0.15) is 5.82 Å². The highest BCUT2D eigenvalue weighted by Crippen LogP contribution is 2.31. The number of carbonyl (C=O) groups is 2. The van der Waals surface area contributed by atoms with Crippen LogP contribution in [0.1, 0.15) is 34.6 Å². The molecule has 2 aromatic carbocycles. The van der Waals surface area contributed by atoms with Gasteiger partial charge < -0.3 is 15.5 Å². The first-order chi connectivity index (χ1) is 15.5. The fourth-order valence-electron chi connectivity index (χ4n) is 4.34. The Balaban J connectivity index is 1.46. The highest BCUT2D eigenvalue weighted by molar-refractivity contribution is 6.04. The van der Waals surface area contributed by atoms with Crippen molar-refractivity contribution < 1.29 is 9.59 Å². The number of nitrogens with zero attached hydrogens (tertiary/aromatic N) is 2. The fourth-order valence-corrected chi connectivity index (χ4v) is 4.34. The lowest BCUT2D eigenvalue weighted by Gasteiger charge is -2.30. The van der Waals surface area contributed by atoms with Gasteiger partial charge in [0.2, 0.25) is 17.8 Å². The average molecular weight is 429 g/mol. The van der Waals surface area contributed by atoms with Crippen LogP contribution in [0.5, 0.6) is 0 Å². The van der Waals surface area contributed by atoms with Crippen LogP contribution < -0.4 is 21.1 Å². The Morgan fingerprint density at radius 1 is 1.09 bits per heavy atom. The molecule has 2 aliphatic heterocycles. The van der Waals surface area contributed by atoms with E-state index in [0.717, 1.165) is 12.0 Å². The number of anilines is 3. The van der Waals surface area contributed by atoms with Gasteiger partial charge in [-0.15, -0.1) is 0 Å². The van der Waals surface area contributed by atoms with Gasteiger partial charge in [-0.2, -0.15) is 4.98 Å². The number of hydrogen-bond donors (Lipinski definition) is 3. The lowest BCUT2D eigenvalue weighted by atomic mass is 9.92. The molecule has 1 atom stereocenters. The Kier molecular flexibility index (Phi) is 4.97. The van der Waals surface area contributed by atoms with Crippen LogP contribution in [0.2, 0.25) is 0 Å². The zero-order chi connectivity index (χ0) is 22.2. The van der Waals surface area contributed by atoms with Gasteiger partial charge in [-0.1, -0.05) is 42.5 Å². The Morgan fingerprint density at radius 2 is 1.84 bits per heavy atom. The minimum atomic E-state index is -0.911. The molecule has 5 rings (SSSR count). The van der Waals surface area contributed by atoms with Gasteiger partial charge in [0.05, 0.1) is 11.5 Å². The average Bonchev–Trinajstić information content (AvgIpc) is 2.79. The summed E-state index contributed by atoms with van der Waals surface area (Å²) in [6.07, 6.45) is 0.733. The van der Waals surface area contributed by atoms with E-state index in [9.17, 15) is 14.4 Å². The Hall–Kier alpha value is -3.94. The van der Waals surface area contributed by atoms with E-state index in [1.165, 1.54) is 11.1 Å². The van der Waals surface area contributed by atoms with Gasteiger partial charge in [-0.3, -0.25) is 19.4 Å². The van der Waals surface area contributed by atoms with Crippen molar-refractivity contribution in [3.05, 3.63) is 81.1 Å². The third kappa shape index (κ3) is 3.64. The minimum absolute atomic E-state index is 0.105. The molecule has 0 fully saturated rings. The molecule has 2 aliphatic rings. The van der Waals surface area contributed by atoms with Gasteiger partial charge in [0, 0.05) is 25.2 Å². The van der Waals surface area contributed by atoms with Crippen molar-refractivity contribution in [2.24, 2.45) is 0 Å². The normalized spacial score (nSPS) is 17.2. The van der Waals surface area contributed by atoms with Crippen LogP contribution in [0, 0.1) is 6.92 Å². The summed E-state index contributed by atoms with van der Waals surface area (Å²) in [5.74, 6) is -1.10. The molecule has 0 spiro atoms. The van der Waals surface area contributed by atoms with Crippen molar-refractivity contribution in [1.29, 1.82) is 0 Å². The molecule has 3 heterocycles. The smallest absolute Gasteiger partial charge is 0.258 e. The molecule has 162 valence electrons. The van der Waals surface area contributed by atoms with Crippen molar-refractivity contribution in [2.75, 3.05) is 22.1 Å². The van der Waals surface area contributed by atoms with Crippen molar-refractivity contribution in [1.82, 2.24) is 9.97 Å². The van der Waals surface area contributed by atoms with Gasteiger partial charge in [0.25, 0.3) is 5.56 Å². The number of carbonyl (C=O) groups excluding carboxylic acids is 2. The first kappa shape index (κ1) is 20.0. The van der Waals surface area contributed by atoms with Crippen LogP contribution >= 0.6 is 0 Å². The predicted molar refractivity (Wildman–Crippen MR) is 122 cm³/mol. The number of aryl methyl sites for hydroxylation is 1. The molecule has 3 N–H and O–H groups in total. The molecule has 0 radical (unpaired) electrons. The molecule has 1 aromatic heterocycles. The van der Waals surface area contributed by atoms with Crippen molar-refractivity contribution in [3.63, 3.8) is 0 Å². The molecule has 3 aromatic rings. The Bertz CT molecular complexity index is 1280. The van der Waals surface area contributed by atoms with Gasteiger partial charge in [-0.05, 0) is 36.1 Å². The van der Waals surface area contributed by atoms with Crippen LogP contribution in [0.15, 0.2) is 53.3 Å². The molecule has 32 heavy (non-hydrogen) atoms. The maximum absolute atomic E-state index is 13.1. The van der Waals surface area contributed by atoms with E-state index < -0.39 is 17.4 Å². The highest BCUT2D eigenvalue weighted by Gasteiger charge is 2.35. The molecule has 8 heteroatoms. The third-order valence-corrected chi connectivity index (χ3v) is 6.09. The standard InChI is InChI=1S/C24H23N5O3/c1-14-6-2-5-9-18(14)25-22(31)17-12-19(30)26-21-20(17)23(32)28-24(27-21)29-11-10-15-7-3-4-8-16(15)13-29/h2-9,17H,10-13H2,1H3,(H,25,31)(H2,26,27,28,30,32). The van der Waals surface area contributed by atoms with E-state index in [4.69, 9.17) is 0 Å². The summed E-state index contributed by atoms with van der Waals surface area (Å²) in [7, 11) is 0. The van der Waals surface area contributed by atoms with Crippen LogP contribution in [0.25, 0.3) is 0 Å². The lowest BCUT2D eigenvalue weighted by molar-refractivity contribution is -0.123. The Labute approximate surface area is 184 Å². The van der Waals surface area contributed by atoms with E-state index in [0.29, 0.717) is 24.7 Å². The van der Waals surface area contributed by atoms with E-state index in [1.807, 2.05) is 42.2 Å². The summed E-state index contributed by atoms with van der Waals surface area (Å²) in [5, 5.41) is 5.53. The van der Waals surface area contributed by atoms with Gasteiger partial charge in [0.15, 0.2) is 0 Å². The molecular weight excluding hydrogens is 406 g/mol. The fraction of sp³-hybridized carbons (Fsp3) is 0.250. The predicted octanol–water partition coefficient (Wildman–Crippen LogP) is 2.71. The third-order valence-electron chi connectivity index (χ3n) is 6.09. The number of H-pyrrole nitrogens is 1. The summed E-state index contributed by atoms with van der Waals surface area (Å²) in [6.45, 7) is 3.20. The maximum Gasteiger partial charge on any atom is 0.258 e. The van der Waals surface area contributed by atoms with Crippen LogP contribution in [-0.2, 0) is 22.6 Å². The van der Waals surface area contributed by atoms with Crippen LogP contribution in [0.3, 0.4) is 0 Å². The first-order valence-corrected chi connectivity index (χ1v) is 10.6. The number of hydrogen-bond acceptors (Lipinski definition) is 5. The number of benzene rings is 2. The van der Waals surface area contributed by atoms with Crippen LogP contribution in [-0.4, -0.2) is 28.3 Å². The largest absolute Gasteiger partial charge is 0.338 e. The molecular formula is C24H23N5O3. The summed E-state index contributed by atoms with van der Waals surface area (Å²) in [4.78, 5) is 47.8. The topological polar surface area (TPSA) is 107 Å². The SMILES string of the molecule is Cc1ccccc1NC(=O)C1CC(=O)Nc2nc(N3CCc4ccccc4C3)[nH]c(=O)c21. The number of rotatable bonds is 3. The minimum Gasteiger partial charge on any atom is -0.338 e.